The van der Waals surface area contributed by atoms with Crippen LogP contribution >= 0.6 is 0 Å². The number of hydrazine groups is 1. The fourth-order valence-corrected chi connectivity index (χ4v) is 2.74. The zero-order chi connectivity index (χ0) is 16.1. The van der Waals surface area contributed by atoms with E-state index in [1.54, 1.807) is 5.01 Å². The molecule has 0 radical (unpaired) electrons. The van der Waals surface area contributed by atoms with Gasteiger partial charge in [-0.3, -0.25) is 9.79 Å². The Hall–Kier alpha value is -2.62. The molecule has 1 amide bonds. The van der Waals surface area contributed by atoms with Crippen LogP contribution in [0.15, 0.2) is 65.7 Å². The summed E-state index contributed by atoms with van der Waals surface area (Å²) in [5.74, 6) is 0.997. The molecule has 0 unspecified atom stereocenters. The van der Waals surface area contributed by atoms with E-state index in [1.807, 2.05) is 72.6 Å². The van der Waals surface area contributed by atoms with Gasteiger partial charge in [0.1, 0.15) is 5.84 Å². The van der Waals surface area contributed by atoms with Crippen LogP contribution in [0, 0.1) is 0 Å². The summed E-state index contributed by atoms with van der Waals surface area (Å²) in [6.45, 7) is 2.71. The molecule has 2 aromatic rings. The fourth-order valence-electron chi connectivity index (χ4n) is 2.74. The lowest BCUT2D eigenvalue weighted by atomic mass is 10.2. The monoisotopic (exact) mass is 307 g/mol. The molecule has 0 aromatic heterocycles. The standard InChI is InChI=1S/C19H21N3O/c1-2-19(23)22(17-12-7-4-8-13-17)21(18-14-9-15-20-18)16-10-5-3-6-11-16/h3-8,10-13H,2,9,14-15H2,1H3. The van der Waals surface area contributed by atoms with Gasteiger partial charge in [0.15, 0.2) is 0 Å². The first-order valence-electron chi connectivity index (χ1n) is 8.07. The number of carbonyl (C=O) groups is 1. The van der Waals surface area contributed by atoms with E-state index in [9.17, 15) is 4.79 Å². The highest BCUT2D eigenvalue weighted by atomic mass is 16.2. The van der Waals surface area contributed by atoms with Gasteiger partial charge in [0, 0.05) is 19.4 Å². The summed E-state index contributed by atoms with van der Waals surface area (Å²) in [5, 5.41) is 3.72. The molecule has 0 saturated heterocycles. The van der Waals surface area contributed by atoms with Gasteiger partial charge in [-0.15, -0.1) is 0 Å². The van der Waals surface area contributed by atoms with Crippen molar-refractivity contribution in [2.24, 2.45) is 4.99 Å². The van der Waals surface area contributed by atoms with Gasteiger partial charge in [0.2, 0.25) is 5.91 Å². The maximum absolute atomic E-state index is 12.7. The van der Waals surface area contributed by atoms with E-state index in [4.69, 9.17) is 0 Å². The normalized spacial score (nSPS) is 13.5. The maximum Gasteiger partial charge on any atom is 0.245 e. The highest BCUT2D eigenvalue weighted by Gasteiger charge is 2.27. The van der Waals surface area contributed by atoms with Crippen molar-refractivity contribution in [3.8, 4) is 0 Å². The van der Waals surface area contributed by atoms with Crippen molar-refractivity contribution in [2.75, 3.05) is 16.6 Å². The highest BCUT2D eigenvalue weighted by molar-refractivity contribution is 6.08. The van der Waals surface area contributed by atoms with E-state index in [1.165, 1.54) is 0 Å². The molecular formula is C19H21N3O. The molecule has 1 aliphatic heterocycles. The quantitative estimate of drug-likeness (QED) is 0.802. The number of anilines is 2. The molecule has 4 heteroatoms. The Labute approximate surface area is 137 Å². The van der Waals surface area contributed by atoms with Crippen LogP contribution in [0.1, 0.15) is 26.2 Å². The molecule has 2 aromatic carbocycles. The lowest BCUT2D eigenvalue weighted by Gasteiger charge is -2.36. The molecular weight excluding hydrogens is 286 g/mol. The lowest BCUT2D eigenvalue weighted by Crippen LogP contribution is -2.50. The van der Waals surface area contributed by atoms with Crippen LogP contribution in [0.3, 0.4) is 0 Å². The van der Waals surface area contributed by atoms with Gasteiger partial charge < -0.3 is 0 Å². The number of rotatable bonds is 3. The molecule has 118 valence electrons. The zero-order valence-corrected chi connectivity index (χ0v) is 13.4. The van der Waals surface area contributed by atoms with Gasteiger partial charge in [0.25, 0.3) is 0 Å². The third-order valence-electron chi connectivity index (χ3n) is 3.84. The average molecular weight is 307 g/mol. The minimum absolute atomic E-state index is 0.0506. The second kappa shape index (κ2) is 7.09. The zero-order valence-electron chi connectivity index (χ0n) is 13.4. The Morgan fingerprint density at radius 1 is 1.00 bits per heavy atom. The fraction of sp³-hybridized carbons (Fsp3) is 0.263. The number of nitrogens with zero attached hydrogens (tertiary/aromatic N) is 3. The summed E-state index contributed by atoms with van der Waals surface area (Å²) < 4.78 is 0. The summed E-state index contributed by atoms with van der Waals surface area (Å²) in [5.41, 5.74) is 1.82. The number of amidine groups is 1. The molecule has 4 nitrogen and oxygen atoms in total. The van der Waals surface area contributed by atoms with Crippen molar-refractivity contribution in [1.82, 2.24) is 0 Å². The van der Waals surface area contributed by atoms with Gasteiger partial charge in [-0.2, -0.15) is 0 Å². The molecule has 0 atom stereocenters. The molecule has 3 rings (SSSR count). The molecule has 0 spiro atoms. The number of aliphatic imine (C=N–C) groups is 1. The first kappa shape index (κ1) is 15.3. The van der Waals surface area contributed by atoms with Crippen molar-refractivity contribution in [2.45, 2.75) is 26.2 Å². The predicted molar refractivity (Wildman–Crippen MR) is 94.7 cm³/mol. The Balaban J connectivity index is 2.09. The van der Waals surface area contributed by atoms with Crippen molar-refractivity contribution in [3.05, 3.63) is 60.7 Å². The number of amides is 1. The SMILES string of the molecule is CCC(=O)N(c1ccccc1)N(C1=NCCC1)c1ccccc1. The van der Waals surface area contributed by atoms with E-state index in [2.05, 4.69) is 4.99 Å². The number of para-hydroxylation sites is 2. The molecule has 1 aliphatic rings. The van der Waals surface area contributed by atoms with Crippen LogP contribution in [0.5, 0.6) is 0 Å². The van der Waals surface area contributed by atoms with E-state index in [-0.39, 0.29) is 5.91 Å². The first-order valence-corrected chi connectivity index (χ1v) is 8.07. The average Bonchev–Trinajstić information content (AvgIpc) is 3.14. The molecule has 0 aliphatic carbocycles. The third kappa shape index (κ3) is 3.26. The van der Waals surface area contributed by atoms with Gasteiger partial charge in [-0.1, -0.05) is 43.3 Å². The second-order valence-electron chi connectivity index (χ2n) is 5.44. The van der Waals surface area contributed by atoms with E-state index in [0.29, 0.717) is 6.42 Å². The molecule has 23 heavy (non-hydrogen) atoms. The van der Waals surface area contributed by atoms with Crippen molar-refractivity contribution in [1.29, 1.82) is 0 Å². The van der Waals surface area contributed by atoms with Crippen molar-refractivity contribution < 1.29 is 4.79 Å². The van der Waals surface area contributed by atoms with Gasteiger partial charge >= 0.3 is 0 Å². The van der Waals surface area contributed by atoms with Crippen LogP contribution in [0.2, 0.25) is 0 Å². The Morgan fingerprint density at radius 3 is 2.13 bits per heavy atom. The lowest BCUT2D eigenvalue weighted by molar-refractivity contribution is -0.118. The molecule has 0 saturated carbocycles. The number of hydrogen-bond acceptors (Lipinski definition) is 3. The van der Waals surface area contributed by atoms with Gasteiger partial charge in [-0.25, -0.2) is 10.0 Å². The van der Waals surface area contributed by atoms with Crippen LogP contribution in [0.25, 0.3) is 0 Å². The third-order valence-corrected chi connectivity index (χ3v) is 3.84. The summed E-state index contributed by atoms with van der Waals surface area (Å²) in [4.78, 5) is 17.3. The maximum atomic E-state index is 12.7. The Bertz CT molecular complexity index is 682. The molecule has 1 heterocycles. The summed E-state index contributed by atoms with van der Waals surface area (Å²) in [7, 11) is 0. The summed E-state index contributed by atoms with van der Waals surface area (Å²) in [6, 6.07) is 19.7. The highest BCUT2D eigenvalue weighted by Crippen LogP contribution is 2.26. The Kier molecular flexibility index (Phi) is 4.71. The van der Waals surface area contributed by atoms with Crippen LogP contribution in [-0.4, -0.2) is 18.3 Å². The van der Waals surface area contributed by atoms with Crippen LogP contribution in [0.4, 0.5) is 11.4 Å². The van der Waals surface area contributed by atoms with E-state index >= 15 is 0 Å². The molecule has 0 fully saturated rings. The Morgan fingerprint density at radius 2 is 1.61 bits per heavy atom. The van der Waals surface area contributed by atoms with Crippen LogP contribution < -0.4 is 10.0 Å². The number of carbonyl (C=O) groups excluding carboxylic acids is 1. The summed E-state index contributed by atoms with van der Waals surface area (Å²) >= 11 is 0. The molecule has 0 bridgehead atoms. The van der Waals surface area contributed by atoms with Crippen molar-refractivity contribution in [3.63, 3.8) is 0 Å². The number of benzene rings is 2. The second-order valence-corrected chi connectivity index (χ2v) is 5.44. The molecule has 0 N–H and O–H groups in total. The van der Waals surface area contributed by atoms with E-state index in [0.717, 1.165) is 36.6 Å². The first-order chi connectivity index (χ1) is 11.3. The number of hydrogen-bond donors (Lipinski definition) is 0. The van der Waals surface area contributed by atoms with Crippen LogP contribution in [-0.2, 0) is 4.79 Å². The summed E-state index contributed by atoms with van der Waals surface area (Å²) in [6.07, 6.45) is 2.35. The predicted octanol–water partition coefficient (Wildman–Crippen LogP) is 4.04. The van der Waals surface area contributed by atoms with Crippen molar-refractivity contribution >= 4 is 23.1 Å². The smallest absolute Gasteiger partial charge is 0.245 e. The minimum atomic E-state index is 0.0506. The topological polar surface area (TPSA) is 35.9 Å². The van der Waals surface area contributed by atoms with Gasteiger partial charge in [-0.05, 0) is 30.7 Å². The van der Waals surface area contributed by atoms with Gasteiger partial charge in [0.05, 0.1) is 11.4 Å². The minimum Gasteiger partial charge on any atom is -0.273 e. The van der Waals surface area contributed by atoms with E-state index < -0.39 is 0 Å². The largest absolute Gasteiger partial charge is 0.273 e.